The van der Waals surface area contributed by atoms with Gasteiger partial charge in [-0.1, -0.05) is 24.8 Å². The minimum absolute atomic E-state index is 0.125. The number of amides is 1. The van der Waals surface area contributed by atoms with Crippen molar-refractivity contribution in [1.29, 1.82) is 5.26 Å². The monoisotopic (exact) mass is 407 g/mol. The summed E-state index contributed by atoms with van der Waals surface area (Å²) in [7, 11) is 3.10. The Bertz CT molecular complexity index is 1070. The van der Waals surface area contributed by atoms with Crippen LogP contribution in [0.4, 0.5) is 5.69 Å². The molecule has 148 valence electrons. The Balaban J connectivity index is 1.74. The van der Waals surface area contributed by atoms with E-state index in [9.17, 15) is 10.1 Å². The molecule has 0 saturated carbocycles. The third-order valence-electron chi connectivity index (χ3n) is 4.35. The van der Waals surface area contributed by atoms with Gasteiger partial charge in [-0.2, -0.15) is 5.26 Å². The molecule has 0 radical (unpaired) electrons. The van der Waals surface area contributed by atoms with Gasteiger partial charge in [0.05, 0.1) is 31.1 Å². The number of nitriles is 1. The van der Waals surface area contributed by atoms with Gasteiger partial charge in [0.15, 0.2) is 0 Å². The predicted molar refractivity (Wildman–Crippen MR) is 115 cm³/mol. The molecule has 1 heterocycles. The van der Waals surface area contributed by atoms with E-state index in [4.69, 9.17) is 9.47 Å². The number of nitrogens with one attached hydrogen (secondary N) is 1. The van der Waals surface area contributed by atoms with Crippen LogP contribution in [0.15, 0.2) is 47.5 Å². The molecule has 0 fully saturated rings. The number of methoxy groups -OCH3 is 2. The van der Waals surface area contributed by atoms with Gasteiger partial charge < -0.3 is 14.8 Å². The lowest BCUT2D eigenvalue weighted by atomic mass is 10.1. The normalized spacial score (nSPS) is 10.4. The summed E-state index contributed by atoms with van der Waals surface area (Å²) in [4.78, 5) is 17.0. The van der Waals surface area contributed by atoms with Crippen LogP contribution in [0.5, 0.6) is 11.5 Å². The van der Waals surface area contributed by atoms with Crippen molar-refractivity contribution < 1.29 is 14.3 Å². The molecule has 0 aliphatic heterocycles. The van der Waals surface area contributed by atoms with Crippen LogP contribution in [0.3, 0.4) is 0 Å². The molecule has 1 aromatic heterocycles. The van der Waals surface area contributed by atoms with Crippen LogP contribution in [-0.2, 0) is 11.2 Å². The van der Waals surface area contributed by atoms with E-state index >= 15 is 0 Å². The first-order valence-electron chi connectivity index (χ1n) is 9.05. The summed E-state index contributed by atoms with van der Waals surface area (Å²) in [5, 5.41) is 13.8. The highest BCUT2D eigenvalue weighted by atomic mass is 32.2. The van der Waals surface area contributed by atoms with E-state index < -0.39 is 0 Å². The number of hydrogen-bond donors (Lipinski definition) is 1. The Hall–Kier alpha value is -3.24. The van der Waals surface area contributed by atoms with Crippen LogP contribution < -0.4 is 14.8 Å². The van der Waals surface area contributed by atoms with Crippen molar-refractivity contribution in [1.82, 2.24) is 4.98 Å². The van der Waals surface area contributed by atoms with Gasteiger partial charge in [0.25, 0.3) is 0 Å². The quantitative estimate of drug-likeness (QED) is 0.584. The number of hydrogen-bond acceptors (Lipinski definition) is 6. The first-order valence-corrected chi connectivity index (χ1v) is 10.0. The van der Waals surface area contributed by atoms with E-state index in [2.05, 4.69) is 23.3 Å². The molecular weight excluding hydrogens is 386 g/mol. The molecule has 0 aliphatic carbocycles. The molecule has 3 rings (SSSR count). The first-order chi connectivity index (χ1) is 14.1. The Morgan fingerprint density at radius 2 is 1.86 bits per heavy atom. The zero-order valence-corrected chi connectivity index (χ0v) is 17.3. The van der Waals surface area contributed by atoms with E-state index in [1.165, 1.54) is 17.3 Å². The van der Waals surface area contributed by atoms with Crippen LogP contribution in [0.25, 0.3) is 10.9 Å². The number of rotatable bonds is 7. The molecular formula is C22H21N3O3S. The molecule has 0 unspecified atom stereocenters. The molecule has 3 aromatic rings. The Kier molecular flexibility index (Phi) is 6.57. The lowest BCUT2D eigenvalue weighted by Gasteiger charge is -2.10. The summed E-state index contributed by atoms with van der Waals surface area (Å²) in [5.41, 5.74) is 3.04. The van der Waals surface area contributed by atoms with Crippen LogP contribution in [0.2, 0.25) is 0 Å². The summed E-state index contributed by atoms with van der Waals surface area (Å²) in [6.45, 7) is 2.08. The molecule has 0 aliphatic rings. The van der Waals surface area contributed by atoms with Gasteiger partial charge in [-0.15, -0.1) is 0 Å². The number of nitrogens with zero attached hydrogens (tertiary/aromatic N) is 2. The van der Waals surface area contributed by atoms with Gasteiger partial charge in [-0.25, -0.2) is 4.98 Å². The van der Waals surface area contributed by atoms with Crippen molar-refractivity contribution >= 4 is 34.3 Å². The predicted octanol–water partition coefficient (Wildman–Crippen LogP) is 4.42. The van der Waals surface area contributed by atoms with Crippen molar-refractivity contribution in [3.05, 3.63) is 53.6 Å². The fourth-order valence-corrected chi connectivity index (χ4v) is 3.59. The lowest BCUT2D eigenvalue weighted by molar-refractivity contribution is -0.113. The topological polar surface area (TPSA) is 84.2 Å². The summed E-state index contributed by atoms with van der Waals surface area (Å²) in [5.74, 6) is 1.08. The van der Waals surface area contributed by atoms with Crippen molar-refractivity contribution in [2.24, 2.45) is 0 Å². The van der Waals surface area contributed by atoms with E-state index in [0.717, 1.165) is 17.3 Å². The number of benzene rings is 2. The maximum absolute atomic E-state index is 12.4. The summed E-state index contributed by atoms with van der Waals surface area (Å²) in [6.07, 6.45) is 0.920. The second-order valence-corrected chi connectivity index (χ2v) is 7.24. The second-order valence-electron chi connectivity index (χ2n) is 6.27. The average molecular weight is 407 g/mol. The summed E-state index contributed by atoms with van der Waals surface area (Å²) in [6, 6.07) is 15.2. The summed E-state index contributed by atoms with van der Waals surface area (Å²) < 4.78 is 10.4. The number of thioether (sulfide) groups is 1. The fourth-order valence-electron chi connectivity index (χ4n) is 2.83. The third-order valence-corrected chi connectivity index (χ3v) is 5.34. The molecule has 29 heavy (non-hydrogen) atoms. The third kappa shape index (κ3) is 4.98. The van der Waals surface area contributed by atoms with Gasteiger partial charge >= 0.3 is 0 Å². The zero-order valence-electron chi connectivity index (χ0n) is 16.5. The lowest BCUT2D eigenvalue weighted by Crippen LogP contribution is -2.14. The number of pyridine rings is 1. The largest absolute Gasteiger partial charge is 0.497 e. The van der Waals surface area contributed by atoms with Crippen LogP contribution in [0, 0.1) is 11.3 Å². The molecule has 0 atom stereocenters. The van der Waals surface area contributed by atoms with Gasteiger partial charge in [-0.3, -0.25) is 4.79 Å². The second kappa shape index (κ2) is 9.30. The Labute approximate surface area is 173 Å². The maximum atomic E-state index is 12.4. The highest BCUT2D eigenvalue weighted by Crippen LogP contribution is 2.28. The number of carbonyl (C=O) groups is 1. The van der Waals surface area contributed by atoms with Gasteiger partial charge in [0.2, 0.25) is 5.91 Å². The number of ether oxygens (including phenoxy) is 2. The number of aromatic nitrogens is 1. The van der Waals surface area contributed by atoms with Crippen molar-refractivity contribution in [3.8, 4) is 17.6 Å². The SMILES string of the molecule is CCc1ccc2nc(SCC(=O)Nc3cc(OC)cc(OC)c3)c(C#N)cc2c1. The number of anilines is 1. The average Bonchev–Trinajstić information content (AvgIpc) is 2.76. The Morgan fingerprint density at radius 3 is 2.48 bits per heavy atom. The van der Waals surface area contributed by atoms with Crippen molar-refractivity contribution in [2.75, 3.05) is 25.3 Å². The minimum Gasteiger partial charge on any atom is -0.497 e. The van der Waals surface area contributed by atoms with E-state index in [-0.39, 0.29) is 11.7 Å². The number of fused-ring (bicyclic) bond motifs is 1. The number of carbonyl (C=O) groups excluding carboxylic acids is 1. The molecule has 7 heteroatoms. The smallest absolute Gasteiger partial charge is 0.234 e. The molecule has 0 spiro atoms. The van der Waals surface area contributed by atoms with Crippen molar-refractivity contribution in [3.63, 3.8) is 0 Å². The fraction of sp³-hybridized carbons (Fsp3) is 0.227. The standard InChI is InChI=1S/C22H21N3O3S/c1-4-14-5-6-20-15(7-14)8-16(12-23)22(25-20)29-13-21(26)24-17-9-18(27-2)11-19(10-17)28-3/h5-11H,4,13H2,1-3H3,(H,24,26). The molecule has 1 amide bonds. The van der Waals surface area contributed by atoms with Gasteiger partial charge in [0, 0.05) is 29.3 Å². The van der Waals surface area contributed by atoms with E-state index in [1.54, 1.807) is 32.4 Å². The van der Waals surface area contributed by atoms with Crippen molar-refractivity contribution in [2.45, 2.75) is 18.4 Å². The highest BCUT2D eigenvalue weighted by Gasteiger charge is 2.12. The van der Waals surface area contributed by atoms with Crippen LogP contribution in [-0.4, -0.2) is 30.9 Å². The highest BCUT2D eigenvalue weighted by molar-refractivity contribution is 8.00. The number of aryl methyl sites for hydroxylation is 1. The van der Waals surface area contributed by atoms with Gasteiger partial charge in [-0.05, 0) is 30.2 Å². The minimum atomic E-state index is -0.211. The van der Waals surface area contributed by atoms with Crippen LogP contribution in [0.1, 0.15) is 18.1 Å². The Morgan fingerprint density at radius 1 is 1.14 bits per heavy atom. The maximum Gasteiger partial charge on any atom is 0.234 e. The zero-order chi connectivity index (χ0) is 20.8. The molecule has 0 saturated heterocycles. The van der Waals surface area contributed by atoms with Gasteiger partial charge in [0.1, 0.15) is 22.6 Å². The van der Waals surface area contributed by atoms with E-state index in [1.807, 2.05) is 24.3 Å². The molecule has 1 N–H and O–H groups in total. The molecule has 0 bridgehead atoms. The summed E-state index contributed by atoms with van der Waals surface area (Å²) >= 11 is 1.24. The molecule has 6 nitrogen and oxygen atoms in total. The van der Waals surface area contributed by atoms with Crippen LogP contribution >= 0.6 is 11.8 Å². The molecule has 2 aromatic carbocycles. The first kappa shape index (κ1) is 20.5. The van der Waals surface area contributed by atoms with E-state index in [0.29, 0.717) is 27.8 Å².